The van der Waals surface area contributed by atoms with Crippen LogP contribution in [0.15, 0.2) is 48.1 Å². The van der Waals surface area contributed by atoms with Gasteiger partial charge >= 0.3 is 5.97 Å². The van der Waals surface area contributed by atoms with Crippen molar-refractivity contribution in [2.24, 2.45) is 50.2 Å². The van der Waals surface area contributed by atoms with Crippen LogP contribution in [0.3, 0.4) is 0 Å². The maximum Gasteiger partial charge on any atom is 0.331 e. The van der Waals surface area contributed by atoms with Crippen molar-refractivity contribution in [3.63, 3.8) is 0 Å². The summed E-state index contributed by atoms with van der Waals surface area (Å²) >= 11 is 0. The molecule has 0 radical (unpaired) electrons. The summed E-state index contributed by atoms with van der Waals surface area (Å²) in [5.74, 6) is 1.81. The van der Waals surface area contributed by atoms with Gasteiger partial charge in [-0.25, -0.2) is 4.79 Å². The van der Waals surface area contributed by atoms with Crippen molar-refractivity contribution < 1.29 is 9.53 Å². The van der Waals surface area contributed by atoms with Gasteiger partial charge < -0.3 is 4.74 Å². The van der Waals surface area contributed by atoms with E-state index in [2.05, 4.69) is 61.5 Å². The van der Waals surface area contributed by atoms with Crippen LogP contribution in [0.2, 0.25) is 0 Å². The molecule has 0 saturated heterocycles. The van der Waals surface area contributed by atoms with Gasteiger partial charge in [-0.2, -0.15) is 0 Å². The summed E-state index contributed by atoms with van der Waals surface area (Å²) in [6.07, 6.45) is 19.1. The van der Waals surface area contributed by atoms with E-state index in [-0.39, 0.29) is 22.9 Å². The fraction of sp³-hybridized carbons (Fsp3) is 0.718. The zero-order chi connectivity index (χ0) is 29.5. The Balaban J connectivity index is 1.25. The monoisotopic (exact) mass is 556 g/mol. The highest BCUT2D eigenvalue weighted by Crippen LogP contribution is 2.75. The maximum atomic E-state index is 13.0. The minimum Gasteiger partial charge on any atom is -0.459 e. The first-order chi connectivity index (χ1) is 19.1. The minimum absolute atomic E-state index is 0.0250. The normalized spacial score (nSPS) is 44.5. The molecular formula is C39H56O2. The first-order valence-corrected chi connectivity index (χ1v) is 16.8. The Labute approximate surface area is 250 Å². The highest BCUT2D eigenvalue weighted by Gasteiger charge is 2.68. The lowest BCUT2D eigenvalue weighted by atomic mass is 9.33. The number of esters is 1. The van der Waals surface area contributed by atoms with Gasteiger partial charge in [0.2, 0.25) is 0 Å². The van der Waals surface area contributed by atoms with E-state index >= 15 is 0 Å². The Morgan fingerprint density at radius 3 is 2.27 bits per heavy atom. The van der Waals surface area contributed by atoms with Crippen LogP contribution in [-0.4, -0.2) is 12.1 Å². The van der Waals surface area contributed by atoms with Crippen molar-refractivity contribution in [2.45, 2.75) is 126 Å². The topological polar surface area (TPSA) is 26.3 Å². The number of fused-ring (bicyclic) bond motifs is 7. The number of ether oxygens (including phenoxy) is 1. The Kier molecular flexibility index (Phi) is 6.84. The van der Waals surface area contributed by atoms with E-state index in [0.717, 1.165) is 24.3 Å². The predicted molar refractivity (Wildman–Crippen MR) is 170 cm³/mol. The molecule has 0 amide bonds. The van der Waals surface area contributed by atoms with Crippen LogP contribution < -0.4 is 0 Å². The molecule has 0 aliphatic heterocycles. The van der Waals surface area contributed by atoms with Crippen LogP contribution in [0.25, 0.3) is 6.08 Å². The van der Waals surface area contributed by atoms with Crippen molar-refractivity contribution in [1.29, 1.82) is 0 Å². The fourth-order valence-electron chi connectivity index (χ4n) is 11.6. The third kappa shape index (κ3) is 4.43. The van der Waals surface area contributed by atoms with Crippen LogP contribution >= 0.6 is 0 Å². The molecule has 2 heteroatoms. The molecule has 0 bridgehead atoms. The van der Waals surface area contributed by atoms with Crippen LogP contribution in [0, 0.1) is 50.2 Å². The molecule has 2 nitrogen and oxygen atoms in total. The number of hydrogen-bond acceptors (Lipinski definition) is 2. The van der Waals surface area contributed by atoms with Crippen LogP contribution in [-0.2, 0) is 9.53 Å². The summed E-state index contributed by atoms with van der Waals surface area (Å²) in [6.45, 7) is 20.5. The quantitative estimate of drug-likeness (QED) is 0.210. The molecule has 8 atom stereocenters. The highest BCUT2D eigenvalue weighted by molar-refractivity contribution is 5.87. The molecule has 0 N–H and O–H groups in total. The van der Waals surface area contributed by atoms with Crippen LogP contribution in [0.5, 0.6) is 0 Å². The largest absolute Gasteiger partial charge is 0.459 e. The maximum absolute atomic E-state index is 13.0. The number of carbonyl (C=O) groups excluding carboxylic acids is 1. The van der Waals surface area contributed by atoms with Crippen LogP contribution in [0.4, 0.5) is 0 Å². The molecule has 5 aliphatic carbocycles. The van der Waals surface area contributed by atoms with Gasteiger partial charge in [-0.05, 0) is 121 Å². The van der Waals surface area contributed by atoms with Gasteiger partial charge in [0.1, 0.15) is 6.10 Å². The number of benzene rings is 1. The van der Waals surface area contributed by atoms with Crippen molar-refractivity contribution in [2.75, 3.05) is 0 Å². The van der Waals surface area contributed by atoms with Crippen molar-refractivity contribution in [3.05, 3.63) is 53.6 Å². The predicted octanol–water partition coefficient (Wildman–Crippen LogP) is 10.4. The smallest absolute Gasteiger partial charge is 0.331 e. The second kappa shape index (κ2) is 9.59. The van der Waals surface area contributed by atoms with Crippen molar-refractivity contribution in [3.8, 4) is 0 Å². The Morgan fingerprint density at radius 2 is 1.54 bits per heavy atom. The molecule has 0 unspecified atom stereocenters. The van der Waals surface area contributed by atoms with E-state index in [9.17, 15) is 4.79 Å². The lowest BCUT2D eigenvalue weighted by molar-refractivity contribution is -0.210. The molecule has 41 heavy (non-hydrogen) atoms. The lowest BCUT2D eigenvalue weighted by Crippen LogP contribution is -2.64. The molecular weight excluding hydrogens is 500 g/mol. The minimum atomic E-state index is -0.199. The average Bonchev–Trinajstić information content (AvgIpc) is 2.91. The summed E-state index contributed by atoms with van der Waals surface area (Å²) in [7, 11) is 0. The van der Waals surface area contributed by atoms with Gasteiger partial charge in [0, 0.05) is 11.5 Å². The molecule has 1 aromatic carbocycles. The van der Waals surface area contributed by atoms with Gasteiger partial charge in [-0.3, -0.25) is 0 Å². The van der Waals surface area contributed by atoms with E-state index in [4.69, 9.17) is 4.74 Å². The van der Waals surface area contributed by atoms with E-state index in [1.54, 1.807) is 6.08 Å². The molecule has 4 saturated carbocycles. The molecule has 6 rings (SSSR count). The second-order valence-electron chi connectivity index (χ2n) is 17.4. The standard InChI is InChI=1S/C39H56O2/c1-34(2)22-23-36(5)24-25-38(7)28(29(36)26-34)15-16-31-37(6)20-19-32(35(3,4)30(37)18-21-39(31,38)8)41-33(40)17-14-27-12-10-9-11-13-27/h9-15,17,29-32H,16,18-26H2,1-8H3/t29-,30-,31+,32-,36+,37-,38+,39+/m0/s1. The first kappa shape index (κ1) is 29.3. The zero-order valence-corrected chi connectivity index (χ0v) is 27.3. The van der Waals surface area contributed by atoms with Gasteiger partial charge in [-0.1, -0.05) is 97.4 Å². The van der Waals surface area contributed by atoms with Gasteiger partial charge in [0.25, 0.3) is 0 Å². The molecule has 224 valence electrons. The molecule has 1 aromatic rings. The summed E-state index contributed by atoms with van der Waals surface area (Å²) in [5.41, 5.74) is 4.72. The average molecular weight is 557 g/mol. The first-order valence-electron chi connectivity index (χ1n) is 16.8. The van der Waals surface area contributed by atoms with Gasteiger partial charge in [-0.15, -0.1) is 0 Å². The third-order valence-electron chi connectivity index (χ3n) is 14.5. The Bertz CT molecular complexity index is 1240. The van der Waals surface area contributed by atoms with Gasteiger partial charge in [0.15, 0.2) is 0 Å². The van der Waals surface area contributed by atoms with E-state index in [1.807, 2.05) is 42.0 Å². The highest BCUT2D eigenvalue weighted by atomic mass is 16.5. The third-order valence-corrected chi connectivity index (χ3v) is 14.5. The van der Waals surface area contributed by atoms with E-state index in [1.165, 1.54) is 51.4 Å². The summed E-state index contributed by atoms with van der Waals surface area (Å²) < 4.78 is 6.24. The SMILES string of the molecule is CC1(C)CC[C@]2(C)CC[C@]3(C)C(=CC[C@@H]4[C@@]5(C)CC[C@H](OC(=O)C=Cc6ccccc6)C(C)(C)[C@@H]5CC[C@]43C)[C@@H]2C1. The number of allylic oxidation sites excluding steroid dienone is 2. The Morgan fingerprint density at radius 1 is 0.829 bits per heavy atom. The summed E-state index contributed by atoms with van der Waals surface area (Å²) in [6, 6.07) is 10.0. The van der Waals surface area contributed by atoms with Crippen LogP contribution in [0.1, 0.15) is 125 Å². The lowest BCUT2D eigenvalue weighted by Gasteiger charge is -2.71. The molecule has 0 spiro atoms. The molecule has 4 fully saturated rings. The number of hydrogen-bond donors (Lipinski definition) is 0. The number of carbonyl (C=O) groups is 1. The van der Waals surface area contributed by atoms with E-state index < -0.39 is 0 Å². The van der Waals surface area contributed by atoms with Gasteiger partial charge in [0.05, 0.1) is 0 Å². The molecule has 0 aromatic heterocycles. The van der Waals surface area contributed by atoms with E-state index in [0.29, 0.717) is 33.5 Å². The fourth-order valence-corrected chi connectivity index (χ4v) is 11.6. The number of rotatable bonds is 3. The Hall–Kier alpha value is -1.83. The summed E-state index contributed by atoms with van der Waals surface area (Å²) in [4.78, 5) is 13.0. The molecule has 5 aliphatic rings. The summed E-state index contributed by atoms with van der Waals surface area (Å²) in [5, 5.41) is 0. The second-order valence-corrected chi connectivity index (χ2v) is 17.4. The zero-order valence-electron chi connectivity index (χ0n) is 27.3. The molecule has 0 heterocycles. The van der Waals surface area contributed by atoms with Crippen molar-refractivity contribution in [1.82, 2.24) is 0 Å². The van der Waals surface area contributed by atoms with Crippen molar-refractivity contribution >= 4 is 12.0 Å².